The van der Waals surface area contributed by atoms with Crippen LogP contribution in [0.4, 0.5) is 5.82 Å². The Kier molecular flexibility index (Phi) is 6.24. The number of halogens is 1. The van der Waals surface area contributed by atoms with Gasteiger partial charge in [0.2, 0.25) is 5.91 Å². The summed E-state index contributed by atoms with van der Waals surface area (Å²) in [7, 11) is 0. The molecule has 0 aliphatic rings. The molecule has 0 radical (unpaired) electrons. The quantitative estimate of drug-likeness (QED) is 0.716. The van der Waals surface area contributed by atoms with Crippen LogP contribution in [0.5, 0.6) is 0 Å². The highest BCUT2D eigenvalue weighted by Crippen LogP contribution is 2.17. The van der Waals surface area contributed by atoms with Crippen LogP contribution < -0.4 is 10.6 Å². The number of carbonyl (C=O) groups excluding carboxylic acids is 1. The van der Waals surface area contributed by atoms with Gasteiger partial charge in [-0.3, -0.25) is 4.79 Å². The van der Waals surface area contributed by atoms with E-state index >= 15 is 0 Å². The van der Waals surface area contributed by atoms with Crippen molar-refractivity contribution in [3.8, 4) is 0 Å². The molecule has 0 spiro atoms. The van der Waals surface area contributed by atoms with E-state index < -0.39 is 5.97 Å². The molecule has 0 aliphatic heterocycles. The van der Waals surface area contributed by atoms with Gasteiger partial charge in [-0.2, -0.15) is 0 Å². The van der Waals surface area contributed by atoms with E-state index in [2.05, 4.69) is 15.6 Å². The number of pyridine rings is 1. The van der Waals surface area contributed by atoms with Crippen LogP contribution in [0.1, 0.15) is 30.6 Å². The lowest BCUT2D eigenvalue weighted by molar-refractivity contribution is -0.120. The van der Waals surface area contributed by atoms with E-state index in [0.717, 1.165) is 0 Å². The number of carboxylic acids is 1. The van der Waals surface area contributed by atoms with Gasteiger partial charge in [-0.15, -0.1) is 0 Å². The summed E-state index contributed by atoms with van der Waals surface area (Å²) in [5.41, 5.74) is -0.0200. The molecule has 0 atom stereocenters. The molecule has 0 unspecified atom stereocenters. The number of carboxylic acid groups (broad SMARTS) is 1. The molecule has 20 heavy (non-hydrogen) atoms. The number of aromatic nitrogens is 1. The van der Waals surface area contributed by atoms with Crippen LogP contribution in [0.2, 0.25) is 5.02 Å². The summed E-state index contributed by atoms with van der Waals surface area (Å²) >= 11 is 5.71. The molecule has 1 aromatic heterocycles. The number of aromatic carboxylic acids is 1. The van der Waals surface area contributed by atoms with Gasteiger partial charge < -0.3 is 15.7 Å². The first-order valence-corrected chi connectivity index (χ1v) is 6.67. The van der Waals surface area contributed by atoms with Gasteiger partial charge in [0, 0.05) is 25.7 Å². The van der Waals surface area contributed by atoms with E-state index in [9.17, 15) is 9.59 Å². The van der Waals surface area contributed by atoms with Crippen LogP contribution in [-0.2, 0) is 4.79 Å². The lowest BCUT2D eigenvalue weighted by atomic mass is 10.2. The minimum Gasteiger partial charge on any atom is -0.478 e. The highest BCUT2D eigenvalue weighted by molar-refractivity contribution is 6.33. The number of carbonyl (C=O) groups is 2. The number of nitrogens with zero attached hydrogens (tertiary/aromatic N) is 1. The summed E-state index contributed by atoms with van der Waals surface area (Å²) in [4.78, 5) is 26.3. The Morgan fingerprint density at radius 3 is 2.75 bits per heavy atom. The second kappa shape index (κ2) is 7.69. The molecule has 0 saturated heterocycles. The molecule has 0 saturated carbocycles. The number of amides is 1. The molecule has 3 N–H and O–H groups in total. The molecule has 0 fully saturated rings. The minimum atomic E-state index is -1.12. The van der Waals surface area contributed by atoms with Crippen molar-refractivity contribution >= 4 is 29.3 Å². The van der Waals surface area contributed by atoms with Gasteiger partial charge in [-0.1, -0.05) is 25.4 Å². The van der Waals surface area contributed by atoms with Crippen LogP contribution in [-0.4, -0.2) is 35.1 Å². The third-order valence-corrected chi connectivity index (χ3v) is 2.75. The number of rotatable bonds is 7. The first-order valence-electron chi connectivity index (χ1n) is 6.29. The zero-order valence-corrected chi connectivity index (χ0v) is 12.2. The summed E-state index contributed by atoms with van der Waals surface area (Å²) in [6.07, 6.45) is 1.56. The van der Waals surface area contributed by atoms with Crippen LogP contribution in [0.25, 0.3) is 0 Å². The molecule has 0 bridgehead atoms. The largest absolute Gasteiger partial charge is 0.478 e. The van der Waals surface area contributed by atoms with Crippen molar-refractivity contribution in [1.29, 1.82) is 0 Å². The first kappa shape index (κ1) is 16.2. The maximum atomic E-state index is 11.5. The standard InChI is InChI=1S/C13H18ClN3O3/c1-8(2)6-17-12(18)3-4-15-11-5-9(13(19)20)10(14)7-16-11/h5,7-8H,3-4,6H2,1-2H3,(H,15,16)(H,17,18)(H,19,20). The lowest BCUT2D eigenvalue weighted by Crippen LogP contribution is -2.28. The average Bonchev–Trinajstić information content (AvgIpc) is 2.38. The fourth-order valence-corrected chi connectivity index (χ4v) is 1.59. The summed E-state index contributed by atoms with van der Waals surface area (Å²) in [5, 5.41) is 14.7. The molecule has 110 valence electrons. The number of hydrogen-bond donors (Lipinski definition) is 3. The van der Waals surface area contributed by atoms with E-state index in [-0.39, 0.29) is 16.5 Å². The zero-order valence-electron chi connectivity index (χ0n) is 11.4. The Morgan fingerprint density at radius 1 is 1.45 bits per heavy atom. The van der Waals surface area contributed by atoms with Crippen LogP contribution in [0, 0.1) is 5.92 Å². The maximum absolute atomic E-state index is 11.5. The van der Waals surface area contributed by atoms with Crippen LogP contribution in [0.3, 0.4) is 0 Å². The second-order valence-electron chi connectivity index (χ2n) is 4.73. The molecular formula is C13H18ClN3O3. The topological polar surface area (TPSA) is 91.3 Å². The van der Waals surface area contributed by atoms with E-state index in [1.807, 2.05) is 13.8 Å². The Hall–Kier alpha value is -1.82. The van der Waals surface area contributed by atoms with Gasteiger partial charge in [0.25, 0.3) is 0 Å². The SMILES string of the molecule is CC(C)CNC(=O)CCNc1cc(C(=O)O)c(Cl)cn1. The lowest BCUT2D eigenvalue weighted by Gasteiger charge is -2.09. The number of anilines is 1. The van der Waals surface area contributed by atoms with Crippen molar-refractivity contribution in [3.05, 3.63) is 22.8 Å². The monoisotopic (exact) mass is 299 g/mol. The zero-order chi connectivity index (χ0) is 15.1. The summed E-state index contributed by atoms with van der Waals surface area (Å²) in [5.74, 6) is -0.389. The van der Waals surface area contributed by atoms with E-state index in [0.29, 0.717) is 31.2 Å². The predicted molar refractivity (Wildman–Crippen MR) is 77.2 cm³/mol. The second-order valence-corrected chi connectivity index (χ2v) is 5.14. The van der Waals surface area contributed by atoms with Crippen LogP contribution >= 0.6 is 11.6 Å². The smallest absolute Gasteiger partial charge is 0.337 e. The molecular weight excluding hydrogens is 282 g/mol. The summed E-state index contributed by atoms with van der Waals surface area (Å²) in [6, 6.07) is 1.34. The highest BCUT2D eigenvalue weighted by Gasteiger charge is 2.10. The first-order chi connectivity index (χ1) is 9.40. The van der Waals surface area contributed by atoms with Gasteiger partial charge >= 0.3 is 5.97 Å². The van der Waals surface area contributed by atoms with Crippen molar-refractivity contribution in [1.82, 2.24) is 10.3 Å². The Balaban J connectivity index is 2.44. The Morgan fingerprint density at radius 2 is 2.15 bits per heavy atom. The Labute approximate surface area is 122 Å². The molecule has 1 rings (SSSR count). The van der Waals surface area contributed by atoms with E-state index in [1.165, 1.54) is 12.3 Å². The molecule has 1 heterocycles. The summed E-state index contributed by atoms with van der Waals surface area (Å²) in [6.45, 7) is 5.05. The third kappa shape index (κ3) is 5.44. The molecule has 6 nitrogen and oxygen atoms in total. The molecule has 7 heteroatoms. The molecule has 0 aliphatic carbocycles. The fourth-order valence-electron chi connectivity index (χ4n) is 1.41. The van der Waals surface area contributed by atoms with Crippen molar-refractivity contribution in [2.24, 2.45) is 5.92 Å². The third-order valence-electron chi connectivity index (χ3n) is 2.45. The molecule has 1 aromatic rings. The van der Waals surface area contributed by atoms with Gasteiger partial charge in [-0.05, 0) is 12.0 Å². The van der Waals surface area contributed by atoms with Crippen molar-refractivity contribution in [2.75, 3.05) is 18.4 Å². The normalized spacial score (nSPS) is 10.4. The van der Waals surface area contributed by atoms with E-state index in [1.54, 1.807) is 0 Å². The molecule has 0 aromatic carbocycles. The van der Waals surface area contributed by atoms with Gasteiger partial charge in [-0.25, -0.2) is 9.78 Å². The van der Waals surface area contributed by atoms with Gasteiger partial charge in [0.1, 0.15) is 5.82 Å². The maximum Gasteiger partial charge on any atom is 0.337 e. The van der Waals surface area contributed by atoms with Crippen LogP contribution in [0.15, 0.2) is 12.3 Å². The van der Waals surface area contributed by atoms with Gasteiger partial charge in [0.05, 0.1) is 10.6 Å². The number of nitrogens with one attached hydrogen (secondary N) is 2. The number of hydrogen-bond acceptors (Lipinski definition) is 4. The highest BCUT2D eigenvalue weighted by atomic mass is 35.5. The summed E-state index contributed by atoms with van der Waals surface area (Å²) < 4.78 is 0. The minimum absolute atomic E-state index is 0.0200. The fraction of sp³-hybridized carbons (Fsp3) is 0.462. The molecule has 1 amide bonds. The van der Waals surface area contributed by atoms with Crippen molar-refractivity contribution < 1.29 is 14.7 Å². The van der Waals surface area contributed by atoms with Gasteiger partial charge in [0.15, 0.2) is 0 Å². The predicted octanol–water partition coefficient (Wildman–Crippen LogP) is 2.01. The van der Waals surface area contributed by atoms with E-state index in [4.69, 9.17) is 16.7 Å². The van der Waals surface area contributed by atoms with Crippen molar-refractivity contribution in [3.63, 3.8) is 0 Å². The Bertz CT molecular complexity index is 492. The van der Waals surface area contributed by atoms with Crippen molar-refractivity contribution in [2.45, 2.75) is 20.3 Å². The average molecular weight is 300 g/mol.